The molecule has 1 aromatic carbocycles. The molecule has 0 N–H and O–H groups in total. The molecule has 0 saturated carbocycles. The lowest BCUT2D eigenvalue weighted by Gasteiger charge is -2.14. The first-order chi connectivity index (χ1) is 9.56. The van der Waals surface area contributed by atoms with Gasteiger partial charge in [-0.2, -0.15) is 0 Å². The van der Waals surface area contributed by atoms with Crippen molar-refractivity contribution in [1.29, 1.82) is 0 Å². The van der Waals surface area contributed by atoms with Gasteiger partial charge in [-0.3, -0.25) is 4.79 Å². The number of Topliss-reactive ketones (excluding diaryl/α,β-unsaturated/α-hetero) is 1. The quantitative estimate of drug-likeness (QED) is 0.743. The minimum Gasteiger partial charge on any atom is -0.481 e. The summed E-state index contributed by atoms with van der Waals surface area (Å²) in [5, 5.41) is 1.04. The fourth-order valence-corrected chi connectivity index (χ4v) is 1.84. The van der Waals surface area contributed by atoms with Crippen molar-refractivity contribution in [3.63, 3.8) is 0 Å². The highest BCUT2D eigenvalue weighted by molar-refractivity contribution is 6.36. The molecular formula is C16H22Cl2O3. The highest BCUT2D eigenvalue weighted by Gasteiger charge is 2.43. The summed E-state index contributed by atoms with van der Waals surface area (Å²) in [6.45, 7) is 11.2. The highest BCUT2D eigenvalue weighted by Crippen LogP contribution is 2.34. The number of halogens is 2. The van der Waals surface area contributed by atoms with E-state index in [1.165, 1.54) is 6.92 Å². The Morgan fingerprint density at radius 3 is 2.24 bits per heavy atom. The first-order valence-electron chi connectivity index (χ1n) is 6.85. The van der Waals surface area contributed by atoms with Crippen LogP contribution in [0.1, 0.15) is 40.2 Å². The van der Waals surface area contributed by atoms with Crippen LogP contribution in [-0.4, -0.2) is 23.6 Å². The average Bonchev–Trinajstić information content (AvgIpc) is 2.95. The monoisotopic (exact) mass is 332 g/mol. The van der Waals surface area contributed by atoms with Gasteiger partial charge in [0.25, 0.3) is 0 Å². The molecule has 0 amide bonds. The lowest BCUT2D eigenvalue weighted by atomic mass is 10.2. The number of ketones is 1. The smallest absolute Gasteiger partial charge is 0.169 e. The lowest BCUT2D eigenvalue weighted by Crippen LogP contribution is -2.20. The first kappa shape index (κ1) is 18.3. The van der Waals surface area contributed by atoms with Crippen molar-refractivity contribution in [2.75, 3.05) is 0 Å². The molecule has 0 spiro atoms. The van der Waals surface area contributed by atoms with Crippen molar-refractivity contribution in [2.24, 2.45) is 0 Å². The molecule has 2 rings (SSSR count). The molecule has 0 radical (unpaired) electrons. The fourth-order valence-electron chi connectivity index (χ4n) is 1.42. The van der Waals surface area contributed by atoms with Crippen LogP contribution < -0.4 is 4.74 Å². The molecule has 1 aromatic rings. The Morgan fingerprint density at radius 1 is 1.38 bits per heavy atom. The minimum absolute atomic E-state index is 0.0429. The Labute approximate surface area is 136 Å². The van der Waals surface area contributed by atoms with Crippen molar-refractivity contribution >= 4 is 29.0 Å². The summed E-state index contributed by atoms with van der Waals surface area (Å²) in [7, 11) is 0. The summed E-state index contributed by atoms with van der Waals surface area (Å²) in [5.41, 5.74) is 0.964. The minimum atomic E-state index is -0.497. The second-order valence-corrected chi connectivity index (χ2v) is 6.50. The second-order valence-electron chi connectivity index (χ2n) is 5.72. The largest absolute Gasteiger partial charge is 0.481 e. The van der Waals surface area contributed by atoms with Crippen LogP contribution in [-0.2, 0) is 9.53 Å². The molecular weight excluding hydrogens is 311 g/mol. The van der Waals surface area contributed by atoms with Gasteiger partial charge in [0.2, 0.25) is 0 Å². The van der Waals surface area contributed by atoms with Crippen LogP contribution in [0, 0.1) is 6.92 Å². The van der Waals surface area contributed by atoms with Gasteiger partial charge in [-0.1, -0.05) is 23.2 Å². The van der Waals surface area contributed by atoms with E-state index in [9.17, 15) is 4.79 Å². The maximum atomic E-state index is 11.0. The lowest BCUT2D eigenvalue weighted by molar-refractivity contribution is -0.122. The fraction of sp³-hybridized carbons (Fsp3) is 0.562. The Morgan fingerprint density at radius 2 is 1.86 bits per heavy atom. The third-order valence-electron chi connectivity index (χ3n) is 3.56. The van der Waals surface area contributed by atoms with Gasteiger partial charge < -0.3 is 9.47 Å². The third kappa shape index (κ3) is 5.17. The predicted molar refractivity (Wildman–Crippen MR) is 86.6 cm³/mol. The third-order valence-corrected chi connectivity index (χ3v) is 4.44. The molecule has 1 saturated heterocycles. The van der Waals surface area contributed by atoms with E-state index in [1.54, 1.807) is 26.0 Å². The van der Waals surface area contributed by atoms with Crippen molar-refractivity contribution < 1.29 is 14.3 Å². The molecule has 1 aliphatic rings. The van der Waals surface area contributed by atoms with Crippen molar-refractivity contribution in [3.8, 4) is 5.75 Å². The number of rotatable bonds is 3. The molecule has 118 valence electrons. The van der Waals surface area contributed by atoms with Crippen molar-refractivity contribution in [1.82, 2.24) is 0 Å². The van der Waals surface area contributed by atoms with Crippen LogP contribution in [0.4, 0.5) is 0 Å². The molecule has 3 nitrogen and oxygen atoms in total. The van der Waals surface area contributed by atoms with E-state index in [2.05, 4.69) is 20.8 Å². The standard InChI is InChI=1S/C11H12Cl2O2.C5H10O/c1-6-9(12)4-5-10(11(6)13)15-8(3)7(2)14;1-4-5(2,3)6-4/h4-5,8H,1-3H3;4H,1-3H3. The van der Waals surface area contributed by atoms with Gasteiger partial charge in [0.15, 0.2) is 11.9 Å². The van der Waals surface area contributed by atoms with Gasteiger partial charge >= 0.3 is 0 Å². The number of hydrogen-bond donors (Lipinski definition) is 0. The van der Waals surface area contributed by atoms with Crippen LogP contribution in [0.2, 0.25) is 10.0 Å². The normalized spacial score (nSPS) is 20.1. The topological polar surface area (TPSA) is 38.8 Å². The molecule has 1 aliphatic heterocycles. The molecule has 21 heavy (non-hydrogen) atoms. The van der Waals surface area contributed by atoms with Crippen LogP contribution in [0.5, 0.6) is 5.75 Å². The van der Waals surface area contributed by atoms with Gasteiger partial charge in [-0.25, -0.2) is 0 Å². The van der Waals surface area contributed by atoms with Gasteiger partial charge in [0, 0.05) is 5.02 Å². The number of hydrogen-bond acceptors (Lipinski definition) is 3. The predicted octanol–water partition coefficient (Wildman–Crippen LogP) is 4.84. The Balaban J connectivity index is 0.000000304. The molecule has 0 aliphatic carbocycles. The molecule has 2 unspecified atom stereocenters. The van der Waals surface area contributed by atoms with E-state index in [0.717, 1.165) is 5.56 Å². The molecule has 1 fully saturated rings. The summed E-state index contributed by atoms with van der Waals surface area (Å²) >= 11 is 11.9. The number of carbonyl (C=O) groups is 1. The maximum absolute atomic E-state index is 11.0. The summed E-state index contributed by atoms with van der Waals surface area (Å²) < 4.78 is 10.5. The van der Waals surface area contributed by atoms with Gasteiger partial charge in [0.05, 0.1) is 16.7 Å². The van der Waals surface area contributed by atoms with Crippen LogP contribution in [0.3, 0.4) is 0 Å². The van der Waals surface area contributed by atoms with Crippen molar-refractivity contribution in [2.45, 2.75) is 59.4 Å². The summed E-state index contributed by atoms with van der Waals surface area (Å²) in [6.07, 6.45) is 0.000533. The van der Waals surface area contributed by atoms with Crippen LogP contribution >= 0.6 is 23.2 Å². The van der Waals surface area contributed by atoms with Gasteiger partial charge in [-0.05, 0) is 59.2 Å². The second kappa shape index (κ2) is 6.99. The highest BCUT2D eigenvalue weighted by atomic mass is 35.5. The SMILES string of the molecule is CC(=O)C(C)Oc1ccc(Cl)c(C)c1Cl.CC1OC1(C)C. The van der Waals surface area contributed by atoms with E-state index in [1.807, 2.05) is 0 Å². The Hall–Kier alpha value is -0.770. The molecule has 1 heterocycles. The molecule has 2 atom stereocenters. The average molecular weight is 333 g/mol. The van der Waals surface area contributed by atoms with Gasteiger partial charge in [-0.15, -0.1) is 0 Å². The van der Waals surface area contributed by atoms with E-state index in [-0.39, 0.29) is 11.4 Å². The maximum Gasteiger partial charge on any atom is 0.169 e. The van der Waals surface area contributed by atoms with E-state index in [4.69, 9.17) is 32.7 Å². The zero-order valence-corrected chi connectivity index (χ0v) is 14.8. The Kier molecular flexibility index (Phi) is 6.09. The van der Waals surface area contributed by atoms with E-state index >= 15 is 0 Å². The molecule has 0 bridgehead atoms. The van der Waals surface area contributed by atoms with Crippen molar-refractivity contribution in [3.05, 3.63) is 27.7 Å². The zero-order chi connectivity index (χ0) is 16.4. The Bertz CT molecular complexity index is 526. The van der Waals surface area contributed by atoms with Gasteiger partial charge in [0.1, 0.15) is 5.75 Å². The first-order valence-corrected chi connectivity index (χ1v) is 7.61. The zero-order valence-electron chi connectivity index (χ0n) is 13.3. The van der Waals surface area contributed by atoms with E-state index < -0.39 is 6.10 Å². The summed E-state index contributed by atoms with van der Waals surface area (Å²) in [5.74, 6) is 0.444. The molecule has 0 aromatic heterocycles. The van der Waals surface area contributed by atoms with Crippen LogP contribution in [0.25, 0.3) is 0 Å². The molecule has 5 heteroatoms. The summed E-state index contributed by atoms with van der Waals surface area (Å²) in [6, 6.07) is 3.36. The number of ether oxygens (including phenoxy) is 2. The number of carbonyl (C=O) groups excluding carboxylic acids is 1. The van der Waals surface area contributed by atoms with E-state index in [0.29, 0.717) is 21.9 Å². The number of epoxide rings is 1. The van der Waals surface area contributed by atoms with Crippen LogP contribution in [0.15, 0.2) is 12.1 Å². The summed E-state index contributed by atoms with van der Waals surface area (Å²) in [4.78, 5) is 11.0. The number of benzene rings is 1.